The van der Waals surface area contributed by atoms with Crippen molar-refractivity contribution < 1.29 is 19.4 Å². The second kappa shape index (κ2) is 18.0. The first-order valence-corrected chi connectivity index (χ1v) is 12.8. The van der Waals surface area contributed by atoms with Crippen LogP contribution in [0.2, 0.25) is 0 Å². The maximum Gasteiger partial charge on any atom is 0.161 e. The van der Waals surface area contributed by atoms with Crippen molar-refractivity contribution in [1.82, 2.24) is 0 Å². The number of unbranched alkanes of at least 4 members (excludes halogenated alkanes) is 5. The van der Waals surface area contributed by atoms with Gasteiger partial charge in [0.1, 0.15) is 6.61 Å². The lowest BCUT2D eigenvalue weighted by Gasteiger charge is -2.13. The third-order valence-corrected chi connectivity index (χ3v) is 6.17. The van der Waals surface area contributed by atoms with Crippen LogP contribution in [0.1, 0.15) is 91.4 Å². The molecule has 0 aromatic rings. The van der Waals surface area contributed by atoms with Crippen LogP contribution in [-0.2, 0) is 14.3 Å². The van der Waals surface area contributed by atoms with Gasteiger partial charge in [-0.25, -0.2) is 0 Å². The van der Waals surface area contributed by atoms with E-state index in [-0.39, 0.29) is 42.0 Å². The Kier molecular flexibility index (Phi) is 16.0. The van der Waals surface area contributed by atoms with Crippen molar-refractivity contribution in [3.8, 4) is 0 Å². The number of allylic oxidation sites excluding steroid dienone is 6. The molecule has 32 heavy (non-hydrogen) atoms. The van der Waals surface area contributed by atoms with Crippen LogP contribution in [0.4, 0.5) is 0 Å². The lowest BCUT2D eigenvalue weighted by molar-refractivity contribution is -0.127. The fourth-order valence-electron chi connectivity index (χ4n) is 3.86. The van der Waals surface area contributed by atoms with Crippen molar-refractivity contribution in [2.45, 2.75) is 97.5 Å². The minimum Gasteiger partial charge on any atom is -0.393 e. The van der Waals surface area contributed by atoms with Crippen LogP contribution in [-0.4, -0.2) is 36.0 Å². The molecule has 0 saturated carbocycles. The van der Waals surface area contributed by atoms with E-state index >= 15 is 0 Å². The molecule has 4 atom stereocenters. The number of ether oxygens (including phenoxy) is 1. The minimum atomic E-state index is -0.187. The Morgan fingerprint density at radius 3 is 2.59 bits per heavy atom. The second-order valence-electron chi connectivity index (χ2n) is 9.27. The summed E-state index contributed by atoms with van der Waals surface area (Å²) in [5, 5.41) is 9.27. The predicted octanol–water partition coefficient (Wildman–Crippen LogP) is 6.38. The van der Waals surface area contributed by atoms with E-state index in [1.54, 1.807) is 6.08 Å². The lowest BCUT2D eigenvalue weighted by atomic mass is 9.90. The van der Waals surface area contributed by atoms with E-state index in [1.165, 1.54) is 12.8 Å². The molecule has 0 bridgehead atoms. The van der Waals surface area contributed by atoms with Gasteiger partial charge < -0.3 is 9.84 Å². The van der Waals surface area contributed by atoms with E-state index in [2.05, 4.69) is 31.2 Å². The first kappa shape index (κ1) is 28.5. The van der Waals surface area contributed by atoms with Crippen molar-refractivity contribution in [3.63, 3.8) is 0 Å². The van der Waals surface area contributed by atoms with Crippen LogP contribution in [0.5, 0.6) is 0 Å². The summed E-state index contributed by atoms with van der Waals surface area (Å²) in [5.74, 6) is 0.620. The summed E-state index contributed by atoms with van der Waals surface area (Å²) in [6.07, 6.45) is 23.2. The largest absolute Gasteiger partial charge is 0.393 e. The summed E-state index contributed by atoms with van der Waals surface area (Å²) >= 11 is 0. The number of carbonyl (C=O) groups excluding carboxylic acids is 2. The SMILES string of the molecule is CCCCOCC(=O)C(C)CCC=CC[C@H]1C(=O)C=C[C@@H]1C=CCCCCCCC(C)O. The molecular weight excluding hydrogens is 400 g/mol. The summed E-state index contributed by atoms with van der Waals surface area (Å²) in [5.41, 5.74) is 0. The molecule has 0 saturated heterocycles. The highest BCUT2D eigenvalue weighted by molar-refractivity contribution is 5.95. The monoisotopic (exact) mass is 446 g/mol. The average Bonchev–Trinajstić information content (AvgIpc) is 3.11. The lowest BCUT2D eigenvalue weighted by Crippen LogP contribution is -2.17. The smallest absolute Gasteiger partial charge is 0.161 e. The summed E-state index contributed by atoms with van der Waals surface area (Å²) in [6, 6.07) is 0. The van der Waals surface area contributed by atoms with E-state index in [9.17, 15) is 14.7 Å². The topological polar surface area (TPSA) is 63.6 Å². The highest BCUT2D eigenvalue weighted by Crippen LogP contribution is 2.27. The molecule has 0 aliphatic heterocycles. The molecule has 1 N–H and O–H groups in total. The highest BCUT2D eigenvalue weighted by atomic mass is 16.5. The zero-order valence-electron chi connectivity index (χ0n) is 20.6. The molecule has 0 fully saturated rings. The van der Waals surface area contributed by atoms with Crippen molar-refractivity contribution in [2.24, 2.45) is 17.8 Å². The highest BCUT2D eigenvalue weighted by Gasteiger charge is 2.26. The third kappa shape index (κ3) is 13.1. The molecule has 0 heterocycles. The van der Waals surface area contributed by atoms with Crippen LogP contribution in [0.15, 0.2) is 36.5 Å². The Bertz CT molecular complexity index is 603. The molecule has 4 nitrogen and oxygen atoms in total. The Morgan fingerprint density at radius 1 is 1.06 bits per heavy atom. The van der Waals surface area contributed by atoms with Gasteiger partial charge in [-0.05, 0) is 57.9 Å². The molecule has 1 aliphatic rings. The van der Waals surface area contributed by atoms with Crippen molar-refractivity contribution >= 4 is 11.6 Å². The van der Waals surface area contributed by atoms with Gasteiger partial charge in [0.25, 0.3) is 0 Å². The van der Waals surface area contributed by atoms with Crippen LogP contribution in [0.25, 0.3) is 0 Å². The number of hydrogen-bond donors (Lipinski definition) is 1. The molecule has 0 radical (unpaired) electrons. The minimum absolute atomic E-state index is 0.0128. The number of aliphatic hydroxyl groups excluding tert-OH is 1. The number of carbonyl (C=O) groups is 2. The van der Waals surface area contributed by atoms with Crippen LogP contribution >= 0.6 is 0 Å². The van der Waals surface area contributed by atoms with Gasteiger partial charge in [0.2, 0.25) is 0 Å². The Morgan fingerprint density at radius 2 is 1.84 bits per heavy atom. The van der Waals surface area contributed by atoms with Gasteiger partial charge in [-0.3, -0.25) is 9.59 Å². The Labute approximate surface area is 196 Å². The maximum atomic E-state index is 12.2. The second-order valence-corrected chi connectivity index (χ2v) is 9.27. The standard InChI is InChI=1S/C28H46O4/c1-4-5-21-32-22-28(31)23(2)15-11-10-14-18-26-25(19-20-27(26)30)17-13-9-7-6-8-12-16-24(3)29/h10,13-14,17,19-20,23-26,29H,4-9,11-12,15-16,18,21-22H2,1-3H3/t23?,24?,25-,26+/m0/s1. The van der Waals surface area contributed by atoms with E-state index < -0.39 is 0 Å². The van der Waals surface area contributed by atoms with E-state index in [0.717, 1.165) is 57.8 Å². The number of ketones is 2. The van der Waals surface area contributed by atoms with Gasteiger partial charge in [0.05, 0.1) is 6.10 Å². The number of hydrogen-bond acceptors (Lipinski definition) is 4. The zero-order valence-corrected chi connectivity index (χ0v) is 20.6. The van der Waals surface area contributed by atoms with Crippen LogP contribution in [0.3, 0.4) is 0 Å². The van der Waals surface area contributed by atoms with Crippen molar-refractivity contribution in [1.29, 1.82) is 0 Å². The molecule has 0 spiro atoms. The molecule has 4 heteroatoms. The van der Waals surface area contributed by atoms with E-state index in [4.69, 9.17) is 4.74 Å². The van der Waals surface area contributed by atoms with E-state index in [1.807, 2.05) is 19.9 Å². The van der Waals surface area contributed by atoms with Crippen LogP contribution in [0, 0.1) is 17.8 Å². The third-order valence-electron chi connectivity index (χ3n) is 6.17. The normalized spacial score (nSPS) is 20.6. The van der Waals surface area contributed by atoms with Gasteiger partial charge >= 0.3 is 0 Å². The number of rotatable bonds is 19. The van der Waals surface area contributed by atoms with Gasteiger partial charge in [0, 0.05) is 24.4 Å². The molecule has 0 aromatic heterocycles. The molecule has 2 unspecified atom stereocenters. The zero-order chi connectivity index (χ0) is 23.6. The summed E-state index contributed by atoms with van der Waals surface area (Å²) < 4.78 is 5.42. The first-order valence-electron chi connectivity index (χ1n) is 12.8. The van der Waals surface area contributed by atoms with Gasteiger partial charge in [-0.1, -0.05) is 69.9 Å². The summed E-state index contributed by atoms with van der Waals surface area (Å²) in [6.45, 7) is 6.81. The molecular formula is C28H46O4. The Balaban J connectivity index is 2.22. The van der Waals surface area contributed by atoms with Crippen molar-refractivity contribution in [2.75, 3.05) is 13.2 Å². The van der Waals surface area contributed by atoms with Gasteiger partial charge in [-0.15, -0.1) is 0 Å². The maximum absolute atomic E-state index is 12.2. The fraction of sp³-hybridized carbons (Fsp3) is 0.714. The van der Waals surface area contributed by atoms with Crippen LogP contribution < -0.4 is 0 Å². The van der Waals surface area contributed by atoms with Gasteiger partial charge in [0.15, 0.2) is 11.6 Å². The average molecular weight is 447 g/mol. The quantitative estimate of drug-likeness (QED) is 0.185. The van der Waals surface area contributed by atoms with E-state index in [0.29, 0.717) is 6.61 Å². The predicted molar refractivity (Wildman–Crippen MR) is 133 cm³/mol. The summed E-state index contributed by atoms with van der Waals surface area (Å²) in [4.78, 5) is 24.3. The molecule has 0 aromatic carbocycles. The fourth-order valence-corrected chi connectivity index (χ4v) is 3.86. The molecule has 1 rings (SSSR count). The first-order chi connectivity index (χ1) is 15.5. The number of Topliss-reactive ketones (excluding diaryl/α,β-unsaturated/α-hetero) is 1. The van der Waals surface area contributed by atoms with Crippen molar-refractivity contribution in [3.05, 3.63) is 36.5 Å². The molecule has 0 amide bonds. The summed E-state index contributed by atoms with van der Waals surface area (Å²) in [7, 11) is 0. The van der Waals surface area contributed by atoms with Gasteiger partial charge in [-0.2, -0.15) is 0 Å². The Hall–Kier alpha value is -1.52. The molecule has 182 valence electrons. The number of aliphatic hydroxyl groups is 1. The molecule has 1 aliphatic carbocycles.